The maximum atomic E-state index is 10.7. The van der Waals surface area contributed by atoms with Crippen LogP contribution in [0.4, 0.5) is 0 Å². The van der Waals surface area contributed by atoms with Crippen LogP contribution in [0.2, 0.25) is 0 Å². The van der Waals surface area contributed by atoms with Crippen LogP contribution in [-0.2, 0) is 13.0 Å². The van der Waals surface area contributed by atoms with E-state index in [1.165, 1.54) is 12.0 Å². The third-order valence-corrected chi connectivity index (χ3v) is 4.14. The summed E-state index contributed by atoms with van der Waals surface area (Å²) >= 11 is 0. The number of ether oxygens (including phenoxy) is 2. The van der Waals surface area contributed by atoms with Gasteiger partial charge in [-0.3, -0.25) is 0 Å². The number of piperidine rings is 1. The highest BCUT2D eigenvalue weighted by Crippen LogP contribution is 2.35. The number of likely N-dealkylation sites (tertiary alicyclic amines) is 1. The Balaban J connectivity index is 2.33. The maximum absolute atomic E-state index is 10.7. The minimum Gasteiger partial charge on any atom is -0.493 e. The first-order valence-corrected chi connectivity index (χ1v) is 7.44. The van der Waals surface area contributed by atoms with Crippen molar-refractivity contribution in [2.24, 2.45) is 0 Å². The molecule has 1 aromatic carbocycles. The Morgan fingerprint density at radius 2 is 1.80 bits per heavy atom. The fourth-order valence-corrected chi connectivity index (χ4v) is 3.00. The minimum atomic E-state index is 0.118. The first-order chi connectivity index (χ1) is 9.61. The Bertz CT molecular complexity index is 453. The average molecular weight is 280 g/mol. The summed E-state index contributed by atoms with van der Waals surface area (Å²) in [4.78, 5) is 0. The van der Waals surface area contributed by atoms with Gasteiger partial charge in [-0.25, -0.2) is 5.21 Å². The number of hydroxylamine groups is 3. The van der Waals surface area contributed by atoms with Gasteiger partial charge in [-0.15, -0.1) is 0 Å². The van der Waals surface area contributed by atoms with Crippen LogP contribution in [-0.4, -0.2) is 37.2 Å². The van der Waals surface area contributed by atoms with Crippen molar-refractivity contribution in [3.05, 3.63) is 23.3 Å². The molecule has 1 saturated heterocycles. The quantitative estimate of drug-likeness (QED) is 0.842. The highest BCUT2D eigenvalue weighted by molar-refractivity contribution is 5.49. The molecule has 4 nitrogen and oxygen atoms in total. The van der Waals surface area contributed by atoms with Gasteiger partial charge in [-0.1, -0.05) is 6.92 Å². The third kappa shape index (κ3) is 3.25. The summed E-state index contributed by atoms with van der Waals surface area (Å²) in [5.41, 5.74) is 2.24. The van der Waals surface area contributed by atoms with Crippen LogP contribution < -0.4 is 9.47 Å². The molecule has 4 heteroatoms. The molecule has 0 saturated carbocycles. The summed E-state index contributed by atoms with van der Waals surface area (Å²) in [5, 5.41) is 10.7. The smallest absolute Gasteiger partial charge is 0.169 e. The normalized spacial score (nSPS) is 17.8. The molecule has 0 atom stereocenters. The number of rotatable bonds is 5. The second kappa shape index (κ2) is 6.46. The fourth-order valence-electron chi connectivity index (χ4n) is 3.00. The van der Waals surface area contributed by atoms with Gasteiger partial charge in [0.1, 0.15) is 19.6 Å². The molecule has 1 aromatic rings. The Morgan fingerprint density at radius 3 is 2.35 bits per heavy atom. The van der Waals surface area contributed by atoms with Gasteiger partial charge < -0.3 is 9.47 Å². The van der Waals surface area contributed by atoms with Crippen LogP contribution in [0.3, 0.4) is 0 Å². The maximum Gasteiger partial charge on any atom is 0.169 e. The molecule has 1 aliphatic heterocycles. The standard InChI is InChI=1S/C16H26NO3/c1-4-13-10-14(16(20-3)15(11-13)19-2)12-17(18)8-6-5-7-9-17/h10-11,18H,4-9,12H2,1-3H3/q+1. The van der Waals surface area contributed by atoms with Gasteiger partial charge in [-0.05, 0) is 43.4 Å². The van der Waals surface area contributed by atoms with Crippen molar-refractivity contribution >= 4 is 0 Å². The van der Waals surface area contributed by atoms with E-state index in [0.717, 1.165) is 49.4 Å². The Kier molecular flexibility index (Phi) is 4.89. The van der Waals surface area contributed by atoms with Crippen LogP contribution in [0, 0.1) is 0 Å². The molecule has 112 valence electrons. The third-order valence-electron chi connectivity index (χ3n) is 4.14. The van der Waals surface area contributed by atoms with Gasteiger partial charge in [0.25, 0.3) is 0 Å². The highest BCUT2D eigenvalue weighted by Gasteiger charge is 2.30. The van der Waals surface area contributed by atoms with Crippen molar-refractivity contribution in [3.8, 4) is 11.5 Å². The van der Waals surface area contributed by atoms with E-state index in [-0.39, 0.29) is 4.65 Å². The largest absolute Gasteiger partial charge is 0.493 e. The highest BCUT2D eigenvalue weighted by atomic mass is 16.5. The lowest BCUT2D eigenvalue weighted by Crippen LogP contribution is -2.47. The molecule has 0 unspecified atom stereocenters. The second-order valence-corrected chi connectivity index (χ2v) is 5.61. The van der Waals surface area contributed by atoms with Crippen molar-refractivity contribution in [2.75, 3.05) is 27.3 Å². The molecular weight excluding hydrogens is 254 g/mol. The summed E-state index contributed by atoms with van der Waals surface area (Å²) in [6.07, 6.45) is 4.33. The molecule has 1 fully saturated rings. The Morgan fingerprint density at radius 1 is 1.10 bits per heavy atom. The molecular formula is C16H26NO3+. The molecule has 0 spiro atoms. The van der Waals surface area contributed by atoms with Crippen LogP contribution in [0.15, 0.2) is 12.1 Å². The fraction of sp³-hybridized carbons (Fsp3) is 0.625. The van der Waals surface area contributed by atoms with E-state index in [0.29, 0.717) is 6.54 Å². The van der Waals surface area contributed by atoms with Gasteiger partial charge in [-0.2, -0.15) is 4.65 Å². The predicted octanol–water partition coefficient (Wildman–Crippen LogP) is 3.16. The number of aryl methyl sites for hydroxylation is 1. The monoisotopic (exact) mass is 280 g/mol. The van der Waals surface area contributed by atoms with E-state index in [1.54, 1.807) is 14.2 Å². The zero-order chi connectivity index (χ0) is 14.6. The van der Waals surface area contributed by atoms with Crippen molar-refractivity contribution < 1.29 is 19.3 Å². The molecule has 0 aliphatic carbocycles. The van der Waals surface area contributed by atoms with E-state index in [1.807, 2.05) is 6.07 Å². The first-order valence-electron chi connectivity index (χ1n) is 7.44. The van der Waals surface area contributed by atoms with Crippen molar-refractivity contribution in [1.82, 2.24) is 0 Å². The van der Waals surface area contributed by atoms with Crippen molar-refractivity contribution in [1.29, 1.82) is 0 Å². The van der Waals surface area contributed by atoms with Gasteiger partial charge in [0.15, 0.2) is 11.5 Å². The lowest BCUT2D eigenvalue weighted by Gasteiger charge is -2.34. The van der Waals surface area contributed by atoms with Gasteiger partial charge in [0.2, 0.25) is 0 Å². The predicted molar refractivity (Wildman–Crippen MR) is 78.3 cm³/mol. The second-order valence-electron chi connectivity index (χ2n) is 5.61. The number of quaternary nitrogens is 1. The molecule has 1 aliphatic rings. The molecule has 20 heavy (non-hydrogen) atoms. The van der Waals surface area contributed by atoms with Crippen LogP contribution in [0.5, 0.6) is 11.5 Å². The Labute approximate surface area is 121 Å². The summed E-state index contributed by atoms with van der Waals surface area (Å²) in [6.45, 7) is 4.35. The zero-order valence-electron chi connectivity index (χ0n) is 12.8. The van der Waals surface area contributed by atoms with Crippen molar-refractivity contribution in [2.45, 2.75) is 39.2 Å². The molecule has 0 amide bonds. The van der Waals surface area contributed by atoms with Crippen LogP contribution in [0.25, 0.3) is 0 Å². The molecule has 0 bridgehead atoms. The van der Waals surface area contributed by atoms with E-state index in [9.17, 15) is 5.21 Å². The number of benzene rings is 1. The summed E-state index contributed by atoms with van der Waals surface area (Å²) in [7, 11) is 3.32. The Hall–Kier alpha value is -1.26. The van der Waals surface area contributed by atoms with E-state index in [2.05, 4.69) is 13.0 Å². The number of nitrogens with zero attached hydrogens (tertiary/aromatic N) is 1. The van der Waals surface area contributed by atoms with E-state index in [4.69, 9.17) is 9.47 Å². The molecule has 0 radical (unpaired) electrons. The number of methoxy groups -OCH3 is 2. The van der Waals surface area contributed by atoms with Gasteiger partial charge in [0.05, 0.1) is 19.8 Å². The van der Waals surface area contributed by atoms with Crippen LogP contribution >= 0.6 is 0 Å². The molecule has 0 aromatic heterocycles. The van der Waals surface area contributed by atoms with Crippen molar-refractivity contribution in [3.63, 3.8) is 0 Å². The van der Waals surface area contributed by atoms with Crippen LogP contribution in [0.1, 0.15) is 37.3 Å². The van der Waals surface area contributed by atoms with Gasteiger partial charge in [0, 0.05) is 0 Å². The molecule has 1 N–H and O–H groups in total. The molecule has 1 heterocycles. The first kappa shape index (κ1) is 15.1. The zero-order valence-corrected chi connectivity index (χ0v) is 12.8. The summed E-state index contributed by atoms with van der Waals surface area (Å²) in [6, 6.07) is 4.15. The van der Waals surface area contributed by atoms with Gasteiger partial charge >= 0.3 is 0 Å². The lowest BCUT2D eigenvalue weighted by atomic mass is 10.0. The van der Waals surface area contributed by atoms with E-state index >= 15 is 0 Å². The lowest BCUT2D eigenvalue weighted by molar-refractivity contribution is -1.12. The van der Waals surface area contributed by atoms with E-state index < -0.39 is 0 Å². The molecule has 2 rings (SSSR count). The topological polar surface area (TPSA) is 38.7 Å². The summed E-state index contributed by atoms with van der Waals surface area (Å²) in [5.74, 6) is 1.51. The average Bonchev–Trinajstić information content (AvgIpc) is 2.46. The number of hydrogen-bond acceptors (Lipinski definition) is 3. The number of hydrogen-bond donors (Lipinski definition) is 1. The SMILES string of the molecule is CCc1cc(C[N+]2(O)CCCCC2)c(OC)c(OC)c1. The summed E-state index contributed by atoms with van der Waals surface area (Å²) < 4.78 is 11.1. The minimum absolute atomic E-state index is 0.118.